The van der Waals surface area contributed by atoms with E-state index in [0.29, 0.717) is 0 Å². The van der Waals surface area contributed by atoms with Crippen molar-refractivity contribution in [2.24, 2.45) is 4.99 Å². The number of likely N-dealkylation sites (tertiary alicyclic amines) is 1. The number of rotatable bonds is 7. The maximum absolute atomic E-state index is 11.4. The van der Waals surface area contributed by atoms with Crippen molar-refractivity contribution in [1.82, 2.24) is 25.3 Å². The lowest BCUT2D eigenvalue weighted by Crippen LogP contribution is -2.50. The smallest absolute Gasteiger partial charge is 0.219 e. The molecule has 2 rings (SSSR count). The molecule has 2 fully saturated rings. The van der Waals surface area contributed by atoms with Crippen LogP contribution in [0.25, 0.3) is 0 Å². The molecule has 2 N–H and O–H groups in total. The Morgan fingerprint density at radius 2 is 1.77 bits per heavy atom. The largest absolute Gasteiger partial charge is 0.356 e. The van der Waals surface area contributed by atoms with E-state index in [-0.39, 0.29) is 5.91 Å². The van der Waals surface area contributed by atoms with E-state index >= 15 is 0 Å². The van der Waals surface area contributed by atoms with Crippen LogP contribution in [-0.2, 0) is 4.79 Å². The fourth-order valence-corrected chi connectivity index (χ4v) is 3.82. The minimum absolute atomic E-state index is 0.186. The molecule has 150 valence electrons. The highest BCUT2D eigenvalue weighted by atomic mass is 16.2. The molecule has 0 radical (unpaired) electrons. The molecule has 0 spiro atoms. The molecule has 1 atom stereocenters. The van der Waals surface area contributed by atoms with E-state index in [2.05, 4.69) is 32.3 Å². The Balaban J connectivity index is 1.53. The van der Waals surface area contributed by atoms with Gasteiger partial charge in [-0.05, 0) is 32.7 Å². The molecule has 0 saturated carbocycles. The van der Waals surface area contributed by atoms with Crippen LogP contribution in [0.15, 0.2) is 4.99 Å². The summed E-state index contributed by atoms with van der Waals surface area (Å²) in [5, 5.41) is 6.83. The summed E-state index contributed by atoms with van der Waals surface area (Å²) < 4.78 is 0. The normalized spacial score (nSPS) is 23.1. The van der Waals surface area contributed by atoms with Gasteiger partial charge in [-0.25, -0.2) is 0 Å². The van der Waals surface area contributed by atoms with Crippen molar-refractivity contribution in [3.05, 3.63) is 0 Å². The van der Waals surface area contributed by atoms with Gasteiger partial charge in [0.15, 0.2) is 5.96 Å². The van der Waals surface area contributed by atoms with Crippen LogP contribution < -0.4 is 10.6 Å². The van der Waals surface area contributed by atoms with Crippen molar-refractivity contribution < 1.29 is 4.79 Å². The second kappa shape index (κ2) is 11.4. The van der Waals surface area contributed by atoms with Crippen LogP contribution >= 0.6 is 0 Å². The molecule has 0 aromatic rings. The molecule has 1 unspecified atom stereocenters. The van der Waals surface area contributed by atoms with Gasteiger partial charge in [-0.1, -0.05) is 6.42 Å². The zero-order valence-electron chi connectivity index (χ0n) is 17.0. The second-order valence-electron chi connectivity index (χ2n) is 7.51. The Labute approximate surface area is 159 Å². The fraction of sp³-hybridized carbons (Fsp3) is 0.895. The number of hydrogen-bond acceptors (Lipinski definition) is 4. The fourth-order valence-electron chi connectivity index (χ4n) is 3.82. The Hall–Kier alpha value is -1.34. The molecule has 0 aliphatic carbocycles. The lowest BCUT2D eigenvalue weighted by Gasteiger charge is -2.34. The van der Waals surface area contributed by atoms with Crippen molar-refractivity contribution in [3.63, 3.8) is 0 Å². The number of piperidine rings is 1. The van der Waals surface area contributed by atoms with Gasteiger partial charge in [0.1, 0.15) is 0 Å². The molecule has 0 bridgehead atoms. The third kappa shape index (κ3) is 7.11. The summed E-state index contributed by atoms with van der Waals surface area (Å²) >= 11 is 0. The van der Waals surface area contributed by atoms with Gasteiger partial charge in [0.25, 0.3) is 0 Å². The lowest BCUT2D eigenvalue weighted by molar-refractivity contribution is -0.130. The van der Waals surface area contributed by atoms with E-state index < -0.39 is 0 Å². The van der Waals surface area contributed by atoms with Crippen LogP contribution in [0.1, 0.15) is 39.5 Å². The highest BCUT2D eigenvalue weighted by molar-refractivity contribution is 5.79. The summed E-state index contributed by atoms with van der Waals surface area (Å²) in [6.45, 7) is 12.9. The molecule has 2 aliphatic heterocycles. The zero-order chi connectivity index (χ0) is 18.8. The van der Waals surface area contributed by atoms with Gasteiger partial charge >= 0.3 is 0 Å². The molecule has 26 heavy (non-hydrogen) atoms. The Kier molecular flexibility index (Phi) is 9.18. The SMILES string of the molecule is CN=C(NCCCN1CCCCC1C)NCCN1CCN(C(C)=O)CC1. The van der Waals surface area contributed by atoms with Crippen molar-refractivity contribution >= 4 is 11.9 Å². The third-order valence-corrected chi connectivity index (χ3v) is 5.62. The summed E-state index contributed by atoms with van der Waals surface area (Å²) in [4.78, 5) is 22.6. The quantitative estimate of drug-likeness (QED) is 0.392. The first kappa shape index (κ1) is 21.0. The van der Waals surface area contributed by atoms with Gasteiger partial charge in [-0.15, -0.1) is 0 Å². The van der Waals surface area contributed by atoms with E-state index in [1.54, 1.807) is 6.92 Å². The number of nitrogens with one attached hydrogen (secondary N) is 2. The molecule has 7 heteroatoms. The predicted octanol–water partition coefficient (Wildman–Crippen LogP) is 0.580. The standard InChI is InChI=1S/C19H38N6O/c1-17-7-4-5-10-24(17)11-6-8-21-19(20-3)22-9-12-23-13-15-25(16-14-23)18(2)26/h17H,4-16H2,1-3H3,(H2,20,21,22). The molecule has 7 nitrogen and oxygen atoms in total. The van der Waals surface area contributed by atoms with Crippen LogP contribution in [0.4, 0.5) is 0 Å². The van der Waals surface area contributed by atoms with Gasteiger partial charge in [-0.3, -0.25) is 14.7 Å². The van der Waals surface area contributed by atoms with Gasteiger partial charge in [0, 0.05) is 72.4 Å². The van der Waals surface area contributed by atoms with E-state index in [9.17, 15) is 4.79 Å². The average molecular weight is 367 g/mol. The molecule has 2 saturated heterocycles. The highest BCUT2D eigenvalue weighted by Crippen LogP contribution is 2.15. The summed E-state index contributed by atoms with van der Waals surface area (Å²) in [5.74, 6) is 1.07. The van der Waals surface area contributed by atoms with E-state index in [0.717, 1.165) is 64.2 Å². The second-order valence-corrected chi connectivity index (χ2v) is 7.51. The van der Waals surface area contributed by atoms with Gasteiger partial charge in [0.2, 0.25) is 5.91 Å². The monoisotopic (exact) mass is 366 g/mol. The predicted molar refractivity (Wildman–Crippen MR) is 108 cm³/mol. The molecular weight excluding hydrogens is 328 g/mol. The first-order valence-corrected chi connectivity index (χ1v) is 10.3. The van der Waals surface area contributed by atoms with Crippen molar-refractivity contribution in [3.8, 4) is 0 Å². The molecular formula is C19H38N6O. The number of aliphatic imine (C=N–C) groups is 1. The number of nitrogens with zero attached hydrogens (tertiary/aromatic N) is 4. The van der Waals surface area contributed by atoms with E-state index in [1.807, 2.05) is 11.9 Å². The van der Waals surface area contributed by atoms with Crippen molar-refractivity contribution in [2.45, 2.75) is 45.6 Å². The first-order chi connectivity index (χ1) is 12.6. The zero-order valence-corrected chi connectivity index (χ0v) is 17.0. The summed E-state index contributed by atoms with van der Waals surface area (Å²) in [5.41, 5.74) is 0. The third-order valence-electron chi connectivity index (χ3n) is 5.62. The summed E-state index contributed by atoms with van der Waals surface area (Å²) in [6.07, 6.45) is 5.23. The van der Waals surface area contributed by atoms with Gasteiger partial charge in [-0.2, -0.15) is 0 Å². The van der Waals surface area contributed by atoms with Crippen LogP contribution in [0.5, 0.6) is 0 Å². The topological polar surface area (TPSA) is 63.2 Å². The number of carbonyl (C=O) groups is 1. The van der Waals surface area contributed by atoms with Crippen LogP contribution in [-0.4, -0.2) is 98.6 Å². The Morgan fingerprint density at radius 3 is 2.42 bits per heavy atom. The Morgan fingerprint density at radius 1 is 1.04 bits per heavy atom. The summed E-state index contributed by atoms with van der Waals surface area (Å²) in [6, 6.07) is 0.740. The molecule has 1 amide bonds. The maximum Gasteiger partial charge on any atom is 0.219 e. The average Bonchev–Trinajstić information content (AvgIpc) is 2.65. The maximum atomic E-state index is 11.4. The van der Waals surface area contributed by atoms with E-state index in [1.165, 1.54) is 32.4 Å². The number of piperazine rings is 1. The number of guanidine groups is 1. The molecule has 0 aromatic heterocycles. The van der Waals surface area contributed by atoms with Gasteiger partial charge in [0.05, 0.1) is 0 Å². The molecule has 2 heterocycles. The molecule has 2 aliphatic rings. The number of amides is 1. The highest BCUT2D eigenvalue weighted by Gasteiger charge is 2.18. The van der Waals surface area contributed by atoms with Gasteiger partial charge < -0.3 is 20.4 Å². The first-order valence-electron chi connectivity index (χ1n) is 10.3. The van der Waals surface area contributed by atoms with Crippen molar-refractivity contribution in [1.29, 1.82) is 0 Å². The molecule has 0 aromatic carbocycles. The van der Waals surface area contributed by atoms with E-state index in [4.69, 9.17) is 0 Å². The Bertz CT molecular complexity index is 447. The number of hydrogen-bond donors (Lipinski definition) is 2. The summed E-state index contributed by atoms with van der Waals surface area (Å²) in [7, 11) is 1.83. The van der Waals surface area contributed by atoms with Crippen LogP contribution in [0.2, 0.25) is 0 Å². The lowest BCUT2D eigenvalue weighted by atomic mass is 10.0. The van der Waals surface area contributed by atoms with Crippen molar-refractivity contribution in [2.75, 3.05) is 66.0 Å². The van der Waals surface area contributed by atoms with Crippen LogP contribution in [0, 0.1) is 0 Å². The minimum Gasteiger partial charge on any atom is -0.356 e. The number of carbonyl (C=O) groups excluding carboxylic acids is 1. The minimum atomic E-state index is 0.186. The van der Waals surface area contributed by atoms with Crippen LogP contribution in [0.3, 0.4) is 0 Å².